The van der Waals surface area contributed by atoms with Crippen molar-refractivity contribution in [1.29, 1.82) is 0 Å². The minimum Gasteiger partial charge on any atom is -0.384 e. The Kier molecular flexibility index (Phi) is 3.04. The van der Waals surface area contributed by atoms with E-state index in [0.717, 1.165) is 19.6 Å². The van der Waals surface area contributed by atoms with Crippen molar-refractivity contribution >= 4 is 5.69 Å². The van der Waals surface area contributed by atoms with Crippen LogP contribution < -0.4 is 10.6 Å². The van der Waals surface area contributed by atoms with E-state index in [1.807, 2.05) is 0 Å². The summed E-state index contributed by atoms with van der Waals surface area (Å²) in [6, 6.07) is 8.64. The summed E-state index contributed by atoms with van der Waals surface area (Å²) in [6.07, 6.45) is 1.23. The lowest BCUT2D eigenvalue weighted by Crippen LogP contribution is -2.17. The Morgan fingerprint density at radius 3 is 3.14 bits per heavy atom. The van der Waals surface area contributed by atoms with E-state index in [1.54, 1.807) is 0 Å². The third kappa shape index (κ3) is 1.90. The van der Waals surface area contributed by atoms with Gasteiger partial charge in [0.05, 0.1) is 0 Å². The second-order valence-electron chi connectivity index (χ2n) is 3.81. The molecule has 0 radical (unpaired) electrons. The van der Waals surface area contributed by atoms with Gasteiger partial charge in [-0.2, -0.15) is 0 Å². The molecule has 0 aliphatic carbocycles. The Labute approximate surface area is 85.7 Å². The molecule has 0 spiro atoms. The van der Waals surface area contributed by atoms with E-state index >= 15 is 0 Å². The predicted octanol–water partition coefficient (Wildman–Crippen LogP) is 2.20. The van der Waals surface area contributed by atoms with E-state index in [0.29, 0.717) is 5.92 Å². The fraction of sp³-hybridized carbons (Fsp3) is 0.500. The molecule has 1 aliphatic heterocycles. The molecule has 76 valence electrons. The standard InChI is InChI=1S/C12H18N2/c1-2-13-8-7-10-9-14-12-6-4-3-5-11(10)12/h3-6,10,13-14H,2,7-9H2,1H3. The molecule has 0 amide bonds. The monoisotopic (exact) mass is 190 g/mol. The maximum absolute atomic E-state index is 3.45. The Bertz CT molecular complexity index is 296. The molecule has 14 heavy (non-hydrogen) atoms. The zero-order valence-corrected chi connectivity index (χ0v) is 8.72. The van der Waals surface area contributed by atoms with Crippen molar-refractivity contribution in [3.63, 3.8) is 0 Å². The SMILES string of the molecule is CCNCCC1CNc2ccccc21. The minimum absolute atomic E-state index is 0.699. The average Bonchev–Trinajstić information content (AvgIpc) is 2.63. The molecule has 1 aliphatic rings. The van der Waals surface area contributed by atoms with Crippen LogP contribution in [0.5, 0.6) is 0 Å². The highest BCUT2D eigenvalue weighted by atomic mass is 14.9. The molecule has 0 saturated heterocycles. The summed E-state index contributed by atoms with van der Waals surface area (Å²) in [5.74, 6) is 0.699. The number of hydrogen-bond acceptors (Lipinski definition) is 2. The van der Waals surface area contributed by atoms with Gasteiger partial charge in [-0.15, -0.1) is 0 Å². The van der Waals surface area contributed by atoms with E-state index in [2.05, 4.69) is 41.8 Å². The van der Waals surface area contributed by atoms with Crippen LogP contribution in [0.1, 0.15) is 24.8 Å². The Balaban J connectivity index is 1.96. The van der Waals surface area contributed by atoms with Crippen LogP contribution in [0.15, 0.2) is 24.3 Å². The number of hydrogen-bond donors (Lipinski definition) is 2. The normalized spacial score (nSPS) is 19.1. The van der Waals surface area contributed by atoms with Crippen LogP contribution in [-0.2, 0) is 0 Å². The Hall–Kier alpha value is -1.02. The van der Waals surface area contributed by atoms with Gasteiger partial charge in [-0.1, -0.05) is 25.1 Å². The number of para-hydroxylation sites is 1. The highest BCUT2D eigenvalue weighted by molar-refractivity contribution is 5.57. The van der Waals surface area contributed by atoms with E-state index in [1.165, 1.54) is 17.7 Å². The summed E-state index contributed by atoms with van der Waals surface area (Å²) in [4.78, 5) is 0. The summed E-state index contributed by atoms with van der Waals surface area (Å²) in [5, 5.41) is 6.83. The third-order valence-electron chi connectivity index (χ3n) is 2.86. The molecule has 1 unspecified atom stereocenters. The summed E-state index contributed by atoms with van der Waals surface area (Å²) < 4.78 is 0. The molecular weight excluding hydrogens is 172 g/mol. The van der Waals surface area contributed by atoms with Gasteiger partial charge in [0.1, 0.15) is 0 Å². The van der Waals surface area contributed by atoms with Gasteiger partial charge in [0, 0.05) is 18.2 Å². The topological polar surface area (TPSA) is 24.1 Å². The molecule has 2 nitrogen and oxygen atoms in total. The molecule has 1 heterocycles. The second-order valence-corrected chi connectivity index (χ2v) is 3.81. The molecule has 2 heteroatoms. The number of benzene rings is 1. The Morgan fingerprint density at radius 1 is 1.43 bits per heavy atom. The predicted molar refractivity (Wildman–Crippen MR) is 60.8 cm³/mol. The number of nitrogens with one attached hydrogen (secondary N) is 2. The lowest BCUT2D eigenvalue weighted by atomic mass is 9.98. The van der Waals surface area contributed by atoms with Crippen molar-refractivity contribution in [2.75, 3.05) is 25.0 Å². The largest absolute Gasteiger partial charge is 0.384 e. The van der Waals surface area contributed by atoms with Gasteiger partial charge in [-0.05, 0) is 31.1 Å². The van der Waals surface area contributed by atoms with Crippen molar-refractivity contribution in [1.82, 2.24) is 5.32 Å². The first-order valence-corrected chi connectivity index (χ1v) is 5.45. The van der Waals surface area contributed by atoms with Crippen LogP contribution in [0.2, 0.25) is 0 Å². The average molecular weight is 190 g/mol. The van der Waals surface area contributed by atoms with Crippen LogP contribution in [0.4, 0.5) is 5.69 Å². The molecule has 1 atom stereocenters. The first-order valence-electron chi connectivity index (χ1n) is 5.45. The summed E-state index contributed by atoms with van der Waals surface area (Å²) in [5.41, 5.74) is 2.82. The molecule has 2 rings (SSSR count). The minimum atomic E-state index is 0.699. The van der Waals surface area contributed by atoms with Gasteiger partial charge in [-0.25, -0.2) is 0 Å². The van der Waals surface area contributed by atoms with E-state index in [4.69, 9.17) is 0 Å². The van der Waals surface area contributed by atoms with Crippen LogP contribution in [0.3, 0.4) is 0 Å². The van der Waals surface area contributed by atoms with Gasteiger partial charge >= 0.3 is 0 Å². The van der Waals surface area contributed by atoms with Crippen LogP contribution in [-0.4, -0.2) is 19.6 Å². The molecule has 0 bridgehead atoms. The molecule has 1 aromatic rings. The van der Waals surface area contributed by atoms with Crippen LogP contribution in [0, 0.1) is 0 Å². The molecule has 2 N–H and O–H groups in total. The third-order valence-corrected chi connectivity index (χ3v) is 2.86. The van der Waals surface area contributed by atoms with Crippen molar-refractivity contribution in [3.8, 4) is 0 Å². The quantitative estimate of drug-likeness (QED) is 0.711. The fourth-order valence-corrected chi connectivity index (χ4v) is 2.07. The van der Waals surface area contributed by atoms with E-state index < -0.39 is 0 Å². The number of rotatable bonds is 4. The van der Waals surface area contributed by atoms with Gasteiger partial charge in [0.25, 0.3) is 0 Å². The second kappa shape index (κ2) is 4.47. The first-order chi connectivity index (χ1) is 6.92. The maximum Gasteiger partial charge on any atom is 0.0376 e. The molecule has 1 aromatic carbocycles. The number of anilines is 1. The summed E-state index contributed by atoms with van der Waals surface area (Å²) in [6.45, 7) is 5.45. The lowest BCUT2D eigenvalue weighted by molar-refractivity contribution is 0.607. The van der Waals surface area contributed by atoms with Crippen molar-refractivity contribution in [2.24, 2.45) is 0 Å². The first kappa shape index (κ1) is 9.53. The van der Waals surface area contributed by atoms with Gasteiger partial charge in [0.15, 0.2) is 0 Å². The zero-order valence-electron chi connectivity index (χ0n) is 8.72. The lowest BCUT2D eigenvalue weighted by Gasteiger charge is -2.09. The van der Waals surface area contributed by atoms with E-state index in [9.17, 15) is 0 Å². The summed E-state index contributed by atoms with van der Waals surface area (Å²) in [7, 11) is 0. The number of fused-ring (bicyclic) bond motifs is 1. The van der Waals surface area contributed by atoms with Crippen molar-refractivity contribution in [2.45, 2.75) is 19.3 Å². The van der Waals surface area contributed by atoms with Crippen molar-refractivity contribution < 1.29 is 0 Å². The highest BCUT2D eigenvalue weighted by Crippen LogP contribution is 2.32. The van der Waals surface area contributed by atoms with Crippen LogP contribution >= 0.6 is 0 Å². The Morgan fingerprint density at radius 2 is 2.29 bits per heavy atom. The van der Waals surface area contributed by atoms with E-state index in [-0.39, 0.29) is 0 Å². The van der Waals surface area contributed by atoms with Gasteiger partial charge in [-0.3, -0.25) is 0 Å². The highest BCUT2D eigenvalue weighted by Gasteiger charge is 2.20. The fourth-order valence-electron chi connectivity index (χ4n) is 2.07. The van der Waals surface area contributed by atoms with Crippen molar-refractivity contribution in [3.05, 3.63) is 29.8 Å². The van der Waals surface area contributed by atoms with Crippen LogP contribution in [0.25, 0.3) is 0 Å². The smallest absolute Gasteiger partial charge is 0.0376 e. The molecule has 0 aromatic heterocycles. The van der Waals surface area contributed by atoms with Gasteiger partial charge in [0.2, 0.25) is 0 Å². The van der Waals surface area contributed by atoms with Gasteiger partial charge < -0.3 is 10.6 Å². The molecular formula is C12H18N2. The summed E-state index contributed by atoms with van der Waals surface area (Å²) >= 11 is 0. The molecule has 0 saturated carbocycles. The molecule has 0 fully saturated rings. The zero-order chi connectivity index (χ0) is 9.80. The maximum atomic E-state index is 3.45.